The molecule has 1 fully saturated rings. The van der Waals surface area contributed by atoms with Gasteiger partial charge in [-0.15, -0.1) is 0 Å². The van der Waals surface area contributed by atoms with E-state index in [-0.39, 0.29) is 6.03 Å². The van der Waals surface area contributed by atoms with Gasteiger partial charge in [-0.25, -0.2) is 4.79 Å². The van der Waals surface area contributed by atoms with Crippen LogP contribution in [0.25, 0.3) is 0 Å². The maximum absolute atomic E-state index is 11.4. The lowest BCUT2D eigenvalue weighted by atomic mass is 10.2. The molecule has 1 heterocycles. The molecule has 1 saturated heterocycles. The fraction of sp³-hybridized carbons (Fsp3) is 0.533. The molecule has 2 rings (SSSR count). The summed E-state index contributed by atoms with van der Waals surface area (Å²) in [6.07, 6.45) is 3.52. The lowest BCUT2D eigenvalue weighted by molar-refractivity contribution is 0.215. The molecule has 0 bridgehead atoms. The molecule has 1 aliphatic rings. The molecule has 1 aromatic carbocycles. The van der Waals surface area contributed by atoms with Crippen LogP contribution in [0.1, 0.15) is 31.7 Å². The number of hydrogen-bond donors (Lipinski definition) is 1. The average Bonchev–Trinajstić information content (AvgIpc) is 2.82. The van der Waals surface area contributed by atoms with Crippen LogP contribution < -0.4 is 10.1 Å². The molecule has 0 aliphatic carbocycles. The summed E-state index contributed by atoms with van der Waals surface area (Å²) in [5, 5.41) is 2.80. The molecule has 104 valence electrons. The minimum Gasteiger partial charge on any atom is -0.494 e. The van der Waals surface area contributed by atoms with Gasteiger partial charge in [0.05, 0.1) is 6.61 Å². The van der Waals surface area contributed by atoms with Gasteiger partial charge in [0.1, 0.15) is 5.75 Å². The third-order valence-corrected chi connectivity index (χ3v) is 3.26. The topological polar surface area (TPSA) is 41.6 Å². The zero-order chi connectivity index (χ0) is 13.5. The molecule has 0 spiro atoms. The number of nitrogens with zero attached hydrogens (tertiary/aromatic N) is 1. The van der Waals surface area contributed by atoms with E-state index < -0.39 is 0 Å². The van der Waals surface area contributed by atoms with Crippen molar-refractivity contribution in [3.63, 3.8) is 0 Å². The molecule has 4 heteroatoms. The summed E-state index contributed by atoms with van der Waals surface area (Å²) < 4.78 is 5.66. The van der Waals surface area contributed by atoms with Gasteiger partial charge in [0.2, 0.25) is 0 Å². The van der Waals surface area contributed by atoms with Gasteiger partial charge in [-0.1, -0.05) is 31.9 Å². The van der Waals surface area contributed by atoms with Gasteiger partial charge in [-0.3, -0.25) is 0 Å². The van der Waals surface area contributed by atoms with Crippen LogP contribution in [0.5, 0.6) is 5.75 Å². The summed E-state index contributed by atoms with van der Waals surface area (Å²) in [6, 6.07) is 8.05. The van der Waals surface area contributed by atoms with Gasteiger partial charge in [-0.2, -0.15) is 0 Å². The largest absolute Gasteiger partial charge is 0.494 e. The maximum Gasteiger partial charge on any atom is 0.317 e. The van der Waals surface area contributed by atoms with Crippen molar-refractivity contribution >= 4 is 6.03 Å². The molecule has 0 atom stereocenters. The molecule has 1 aromatic rings. The van der Waals surface area contributed by atoms with Crippen LogP contribution in [0.2, 0.25) is 0 Å². The summed E-state index contributed by atoms with van der Waals surface area (Å²) in [4.78, 5) is 13.3. The highest BCUT2D eigenvalue weighted by atomic mass is 16.5. The van der Waals surface area contributed by atoms with Crippen molar-refractivity contribution in [1.82, 2.24) is 10.2 Å². The zero-order valence-corrected chi connectivity index (χ0v) is 11.5. The predicted octanol–water partition coefficient (Wildman–Crippen LogP) is 2.78. The first-order valence-corrected chi connectivity index (χ1v) is 7.04. The van der Waals surface area contributed by atoms with Crippen LogP contribution in [0.3, 0.4) is 0 Å². The van der Waals surface area contributed by atoms with Crippen LogP contribution >= 0.6 is 0 Å². The first-order chi connectivity index (χ1) is 9.29. The Kier molecular flexibility index (Phi) is 5.07. The second-order valence-corrected chi connectivity index (χ2v) is 4.85. The van der Waals surface area contributed by atoms with Gasteiger partial charge in [0, 0.05) is 19.6 Å². The van der Waals surface area contributed by atoms with E-state index in [0.29, 0.717) is 6.54 Å². The number of carbonyl (C=O) groups excluding carboxylic acids is 1. The van der Waals surface area contributed by atoms with E-state index in [0.717, 1.165) is 37.4 Å². The molecule has 0 radical (unpaired) electrons. The van der Waals surface area contributed by atoms with Crippen molar-refractivity contribution in [1.29, 1.82) is 0 Å². The fourth-order valence-electron chi connectivity index (χ4n) is 2.12. The molecule has 19 heavy (non-hydrogen) atoms. The van der Waals surface area contributed by atoms with Gasteiger partial charge >= 0.3 is 6.03 Å². The van der Waals surface area contributed by atoms with Crippen molar-refractivity contribution in [2.75, 3.05) is 19.7 Å². The number of nitrogens with one attached hydrogen (secondary N) is 1. The third kappa shape index (κ3) is 4.16. The maximum atomic E-state index is 11.4. The van der Waals surface area contributed by atoms with E-state index in [2.05, 4.69) is 12.2 Å². The smallest absolute Gasteiger partial charge is 0.317 e. The first kappa shape index (κ1) is 13.7. The van der Waals surface area contributed by atoms with Crippen molar-refractivity contribution < 1.29 is 9.53 Å². The molecular weight excluding hydrogens is 240 g/mol. The highest BCUT2D eigenvalue weighted by molar-refractivity contribution is 5.76. The Balaban J connectivity index is 1.79. The molecule has 1 N–H and O–H groups in total. The molecular formula is C15H22N2O2. The first-order valence-electron chi connectivity index (χ1n) is 7.04. The van der Waals surface area contributed by atoms with Gasteiger partial charge < -0.3 is 15.0 Å². The van der Waals surface area contributed by atoms with Crippen LogP contribution in [-0.4, -0.2) is 30.6 Å². The normalized spacial score (nSPS) is 14.6. The summed E-state index contributed by atoms with van der Waals surface area (Å²) in [7, 11) is 0. The SMILES string of the molecule is CCCCCOc1ccc(CN2CCNC2=O)cc1. The van der Waals surface area contributed by atoms with Crippen molar-refractivity contribution in [3.05, 3.63) is 29.8 Å². The molecule has 0 saturated carbocycles. The number of ether oxygens (including phenoxy) is 1. The molecule has 2 amide bonds. The van der Waals surface area contributed by atoms with Crippen LogP contribution in [0.4, 0.5) is 4.79 Å². The predicted molar refractivity (Wildman–Crippen MR) is 75.3 cm³/mol. The lowest BCUT2D eigenvalue weighted by Gasteiger charge is -2.14. The van der Waals surface area contributed by atoms with E-state index in [1.807, 2.05) is 29.2 Å². The monoisotopic (exact) mass is 262 g/mol. The highest BCUT2D eigenvalue weighted by Gasteiger charge is 2.18. The molecule has 1 aliphatic heterocycles. The lowest BCUT2D eigenvalue weighted by Crippen LogP contribution is -2.27. The Morgan fingerprint density at radius 3 is 2.68 bits per heavy atom. The Hall–Kier alpha value is -1.71. The second-order valence-electron chi connectivity index (χ2n) is 4.85. The minimum atomic E-state index is 0.0277. The Bertz CT molecular complexity index is 403. The van der Waals surface area contributed by atoms with Crippen LogP contribution in [0, 0.1) is 0 Å². The van der Waals surface area contributed by atoms with Crippen molar-refractivity contribution in [2.45, 2.75) is 32.7 Å². The summed E-state index contributed by atoms with van der Waals surface area (Å²) in [6.45, 7) is 5.17. The molecule has 4 nitrogen and oxygen atoms in total. The highest BCUT2D eigenvalue weighted by Crippen LogP contribution is 2.15. The Morgan fingerprint density at radius 2 is 2.05 bits per heavy atom. The Morgan fingerprint density at radius 1 is 1.26 bits per heavy atom. The van der Waals surface area contributed by atoms with E-state index >= 15 is 0 Å². The van der Waals surface area contributed by atoms with E-state index in [9.17, 15) is 4.79 Å². The fourth-order valence-corrected chi connectivity index (χ4v) is 2.12. The standard InChI is InChI=1S/C15H22N2O2/c1-2-3-4-11-19-14-7-5-13(6-8-14)12-17-10-9-16-15(17)18/h5-8H,2-4,9-12H2,1H3,(H,16,18). The minimum absolute atomic E-state index is 0.0277. The van der Waals surface area contributed by atoms with Gasteiger partial charge in [0.25, 0.3) is 0 Å². The van der Waals surface area contributed by atoms with Crippen molar-refractivity contribution in [2.24, 2.45) is 0 Å². The summed E-state index contributed by atoms with van der Waals surface area (Å²) in [5.74, 6) is 0.908. The average molecular weight is 262 g/mol. The number of benzene rings is 1. The Labute approximate surface area is 114 Å². The van der Waals surface area contributed by atoms with Gasteiger partial charge in [0.15, 0.2) is 0 Å². The summed E-state index contributed by atoms with van der Waals surface area (Å²) >= 11 is 0. The van der Waals surface area contributed by atoms with Crippen LogP contribution in [-0.2, 0) is 6.54 Å². The number of rotatable bonds is 7. The second kappa shape index (κ2) is 7.02. The number of urea groups is 1. The van der Waals surface area contributed by atoms with Crippen LogP contribution in [0.15, 0.2) is 24.3 Å². The quantitative estimate of drug-likeness (QED) is 0.768. The summed E-state index contributed by atoms with van der Waals surface area (Å²) in [5.41, 5.74) is 1.14. The number of unbranched alkanes of at least 4 members (excludes halogenated alkanes) is 2. The van der Waals surface area contributed by atoms with E-state index in [1.165, 1.54) is 12.8 Å². The molecule has 0 aromatic heterocycles. The van der Waals surface area contributed by atoms with Gasteiger partial charge in [-0.05, 0) is 24.1 Å². The van der Waals surface area contributed by atoms with Crippen molar-refractivity contribution in [3.8, 4) is 5.75 Å². The number of hydrogen-bond acceptors (Lipinski definition) is 2. The molecule has 0 unspecified atom stereocenters. The zero-order valence-electron chi connectivity index (χ0n) is 11.5. The van der Waals surface area contributed by atoms with E-state index in [1.54, 1.807) is 0 Å². The third-order valence-electron chi connectivity index (χ3n) is 3.26. The van der Waals surface area contributed by atoms with E-state index in [4.69, 9.17) is 4.74 Å². The number of amides is 2. The number of carbonyl (C=O) groups is 1.